The van der Waals surface area contributed by atoms with Crippen LogP contribution in [-0.2, 0) is 4.79 Å². The predicted octanol–water partition coefficient (Wildman–Crippen LogP) is 7.11. The Kier molecular flexibility index (Phi) is 10.1. The maximum Gasteiger partial charge on any atom is 0.249 e. The van der Waals surface area contributed by atoms with E-state index in [1.807, 2.05) is 29.7 Å². The van der Waals surface area contributed by atoms with Crippen LogP contribution in [0.1, 0.15) is 43.8 Å². The van der Waals surface area contributed by atoms with Crippen molar-refractivity contribution < 1.29 is 19.1 Å². The quantitative estimate of drug-likeness (QED) is 0.109. The molecule has 1 aliphatic rings. The van der Waals surface area contributed by atoms with Crippen molar-refractivity contribution in [2.24, 2.45) is 5.41 Å². The summed E-state index contributed by atoms with van der Waals surface area (Å²) < 4.78 is 21.0. The van der Waals surface area contributed by atoms with Crippen LogP contribution in [0.3, 0.4) is 0 Å². The highest BCUT2D eigenvalue weighted by molar-refractivity contribution is 7.99. The van der Waals surface area contributed by atoms with Crippen molar-refractivity contribution in [3.63, 3.8) is 0 Å². The highest BCUT2D eigenvalue weighted by Gasteiger charge is 2.41. The molecule has 6 nitrogen and oxygen atoms in total. The molecule has 0 bridgehead atoms. The number of carbonyl (C=O) groups is 1. The van der Waals surface area contributed by atoms with E-state index in [0.717, 1.165) is 23.7 Å². The molecule has 1 aliphatic heterocycles. The second-order valence-corrected chi connectivity index (χ2v) is 11.6. The van der Waals surface area contributed by atoms with Crippen molar-refractivity contribution in [2.45, 2.75) is 43.2 Å². The number of hydrogen-bond donors (Lipinski definition) is 2. The zero-order valence-corrected chi connectivity index (χ0v) is 23.6. The molecular weight excluding hydrogens is 548 g/mol. The number of amides is 1. The average Bonchev–Trinajstić information content (AvgIpc) is 2.94. The lowest BCUT2D eigenvalue weighted by molar-refractivity contribution is -0.143. The summed E-state index contributed by atoms with van der Waals surface area (Å²) in [6, 6.07) is 13.1. The Morgan fingerprint density at radius 3 is 2.66 bits per heavy atom. The van der Waals surface area contributed by atoms with Crippen molar-refractivity contribution >= 4 is 51.8 Å². The van der Waals surface area contributed by atoms with E-state index in [1.165, 1.54) is 11.1 Å². The smallest absolute Gasteiger partial charge is 0.249 e. The summed E-state index contributed by atoms with van der Waals surface area (Å²) >= 11 is 14.1. The molecule has 10 heteroatoms. The van der Waals surface area contributed by atoms with Crippen molar-refractivity contribution in [3.05, 3.63) is 64.3 Å². The van der Waals surface area contributed by atoms with E-state index in [9.17, 15) is 10.0 Å². The number of piperidine rings is 1. The van der Waals surface area contributed by atoms with Gasteiger partial charge in [0, 0.05) is 27.1 Å². The Bertz CT molecular complexity index is 1240. The number of hydroxylamine groups is 1. The van der Waals surface area contributed by atoms with E-state index < -0.39 is 17.5 Å². The number of alkyl halides is 1. The third kappa shape index (κ3) is 6.90. The van der Waals surface area contributed by atoms with E-state index in [4.69, 9.17) is 27.9 Å². The number of hydrogen-bond acceptors (Lipinski definition) is 6. The molecule has 0 unspecified atom stereocenters. The molecule has 1 atom stereocenters. The zero-order valence-electron chi connectivity index (χ0n) is 21.3. The van der Waals surface area contributed by atoms with Gasteiger partial charge in [-0.25, -0.2) is 9.87 Å². The predicted molar refractivity (Wildman–Crippen MR) is 151 cm³/mol. The molecule has 0 aliphatic carbocycles. The lowest BCUT2D eigenvalue weighted by Gasteiger charge is -2.40. The van der Waals surface area contributed by atoms with Crippen LogP contribution in [0.15, 0.2) is 53.6 Å². The molecule has 3 aromatic rings. The van der Waals surface area contributed by atoms with E-state index in [1.54, 1.807) is 37.1 Å². The van der Waals surface area contributed by atoms with E-state index >= 15 is 4.39 Å². The summed E-state index contributed by atoms with van der Waals surface area (Å²) in [5.74, 6) is 1.12. The molecule has 38 heavy (non-hydrogen) atoms. The largest absolute Gasteiger partial charge is 0.497 e. The first-order valence-corrected chi connectivity index (χ1v) is 14.4. The van der Waals surface area contributed by atoms with Crippen LogP contribution in [0.25, 0.3) is 10.9 Å². The van der Waals surface area contributed by atoms with Gasteiger partial charge in [-0.1, -0.05) is 23.2 Å². The number of benzene rings is 2. The Labute approximate surface area is 236 Å². The van der Waals surface area contributed by atoms with Gasteiger partial charge in [0.25, 0.3) is 0 Å². The third-order valence-corrected chi connectivity index (χ3v) is 9.01. The number of aromatic nitrogens is 1. The Morgan fingerprint density at radius 1 is 1.24 bits per heavy atom. The molecule has 0 spiro atoms. The second kappa shape index (κ2) is 13.3. The Balaban J connectivity index is 1.35. The van der Waals surface area contributed by atoms with Crippen molar-refractivity contribution in [2.75, 3.05) is 32.5 Å². The number of likely N-dealkylation sites (tertiary alicyclic amines) is 1. The van der Waals surface area contributed by atoms with Gasteiger partial charge in [0.2, 0.25) is 5.91 Å². The highest BCUT2D eigenvalue weighted by atomic mass is 35.5. The molecule has 0 radical (unpaired) electrons. The fourth-order valence-electron chi connectivity index (χ4n) is 5.08. The molecular formula is C28H32Cl2FN3O3S. The summed E-state index contributed by atoms with van der Waals surface area (Å²) in [4.78, 5) is 20.6. The Hall–Kier alpha value is -2.10. The molecule has 0 saturated carbocycles. The number of methoxy groups -OCH3 is 1. The molecule has 2 aromatic carbocycles. The number of ether oxygens (including phenoxy) is 1. The number of nitrogens with zero attached hydrogens (tertiary/aromatic N) is 2. The second-order valence-electron chi connectivity index (χ2n) is 9.63. The molecule has 2 heterocycles. The number of carbonyl (C=O) groups excluding carboxylic acids is 1. The zero-order chi connectivity index (χ0) is 27.1. The van der Waals surface area contributed by atoms with E-state index in [2.05, 4.69) is 9.88 Å². The maximum absolute atomic E-state index is 15.7. The number of rotatable bonds is 11. The van der Waals surface area contributed by atoms with Crippen LogP contribution in [-0.4, -0.2) is 53.5 Å². The monoisotopic (exact) mass is 579 g/mol. The van der Waals surface area contributed by atoms with Crippen LogP contribution >= 0.6 is 35.0 Å². The maximum atomic E-state index is 15.7. The molecule has 2 N–H and O–H groups in total. The molecule has 1 aromatic heterocycles. The van der Waals surface area contributed by atoms with Gasteiger partial charge >= 0.3 is 0 Å². The number of thioether (sulfide) groups is 1. The fourth-order valence-corrected chi connectivity index (χ4v) is 6.32. The normalized spacial score (nSPS) is 16.3. The summed E-state index contributed by atoms with van der Waals surface area (Å²) in [5, 5.41) is 11.0. The van der Waals surface area contributed by atoms with E-state index in [0.29, 0.717) is 54.6 Å². The van der Waals surface area contributed by atoms with Crippen LogP contribution in [0.2, 0.25) is 10.0 Å². The average molecular weight is 581 g/mol. The van der Waals surface area contributed by atoms with Gasteiger partial charge in [0.05, 0.1) is 23.1 Å². The minimum absolute atomic E-state index is 0.0984. The van der Waals surface area contributed by atoms with Gasteiger partial charge < -0.3 is 9.64 Å². The first-order valence-electron chi connectivity index (χ1n) is 12.7. The number of pyridine rings is 1. The van der Waals surface area contributed by atoms with E-state index in [-0.39, 0.29) is 11.4 Å². The van der Waals surface area contributed by atoms with Gasteiger partial charge in [-0.2, -0.15) is 0 Å². The first kappa shape index (κ1) is 28.9. The summed E-state index contributed by atoms with van der Waals surface area (Å²) in [6.45, 7) is 2.35. The number of halogens is 3. The van der Waals surface area contributed by atoms with Gasteiger partial charge in [0.15, 0.2) is 0 Å². The van der Waals surface area contributed by atoms with Crippen LogP contribution in [0.5, 0.6) is 5.75 Å². The lowest BCUT2D eigenvalue weighted by atomic mass is 9.73. The number of fused-ring (bicyclic) bond motifs is 1. The summed E-state index contributed by atoms with van der Waals surface area (Å²) in [7, 11) is 1.55. The lowest BCUT2D eigenvalue weighted by Crippen LogP contribution is -2.48. The van der Waals surface area contributed by atoms with Gasteiger partial charge in [-0.05, 0) is 100.0 Å². The molecule has 4 rings (SSSR count). The number of nitrogens with one attached hydrogen (secondary N) is 1. The highest BCUT2D eigenvalue weighted by Crippen LogP contribution is 2.42. The Morgan fingerprint density at radius 2 is 1.97 bits per heavy atom. The SMILES string of the molecule is COc1ccc2ncc(Cl)c([C@H](F)CCC3(C(=O)NO)CCN(CCCSc4ccc(Cl)cc4)CC3)c2c1. The standard InChI is InChI=1S/C28H32Cl2FN3O3S/c1-37-20-5-8-25-22(17-20)26(23(30)18-32-25)24(31)9-10-28(27(35)33-36)11-14-34(15-12-28)13-2-16-38-21-6-3-19(29)4-7-21/h3-8,17-18,24,36H,2,9-16H2,1H3,(H,33,35)/t24-/m1/s1. The van der Waals surface area contributed by atoms with Crippen molar-refractivity contribution in [1.29, 1.82) is 0 Å². The topological polar surface area (TPSA) is 74.7 Å². The van der Waals surface area contributed by atoms with Crippen LogP contribution < -0.4 is 10.2 Å². The minimum atomic E-state index is -1.40. The van der Waals surface area contributed by atoms with Gasteiger partial charge in [-0.3, -0.25) is 15.0 Å². The van der Waals surface area contributed by atoms with Crippen molar-refractivity contribution in [1.82, 2.24) is 15.4 Å². The minimum Gasteiger partial charge on any atom is -0.497 e. The van der Waals surface area contributed by atoms with Crippen LogP contribution in [0, 0.1) is 5.41 Å². The molecule has 204 valence electrons. The van der Waals surface area contributed by atoms with Crippen molar-refractivity contribution in [3.8, 4) is 5.75 Å². The van der Waals surface area contributed by atoms with Gasteiger partial charge in [0.1, 0.15) is 11.9 Å². The van der Waals surface area contributed by atoms with Gasteiger partial charge in [-0.15, -0.1) is 11.8 Å². The molecule has 1 saturated heterocycles. The van der Waals surface area contributed by atoms with Crippen LogP contribution in [0.4, 0.5) is 4.39 Å². The summed E-state index contributed by atoms with van der Waals surface area (Å²) in [5.41, 5.74) is 1.98. The fraction of sp³-hybridized carbons (Fsp3) is 0.429. The first-order chi connectivity index (χ1) is 18.3. The third-order valence-electron chi connectivity index (χ3n) is 7.36. The molecule has 1 fully saturated rings. The summed E-state index contributed by atoms with van der Waals surface area (Å²) in [6.07, 6.45) is 2.57. The molecule has 1 amide bonds.